The molecule has 5 rings (SSSR count). The molecule has 0 aromatic heterocycles. The summed E-state index contributed by atoms with van der Waals surface area (Å²) in [7, 11) is 0. The maximum absolute atomic E-state index is 13.4. The first-order valence-electron chi connectivity index (χ1n) is 12.0. The van der Waals surface area contributed by atoms with Crippen molar-refractivity contribution in [2.75, 3.05) is 11.4 Å². The minimum absolute atomic E-state index is 0.00501. The van der Waals surface area contributed by atoms with E-state index in [1.54, 1.807) is 21.9 Å². The highest BCUT2D eigenvalue weighted by Crippen LogP contribution is 2.44. The summed E-state index contributed by atoms with van der Waals surface area (Å²) < 4.78 is 0. The minimum Gasteiger partial charge on any atom is -0.345 e. The molecule has 0 radical (unpaired) electrons. The van der Waals surface area contributed by atoms with E-state index in [0.29, 0.717) is 24.1 Å². The first-order chi connectivity index (χ1) is 16.9. The lowest BCUT2D eigenvalue weighted by Gasteiger charge is -2.48. The first kappa shape index (κ1) is 22.8. The summed E-state index contributed by atoms with van der Waals surface area (Å²) in [5, 5.41) is 3.17. The van der Waals surface area contributed by atoms with Crippen LogP contribution in [-0.2, 0) is 9.59 Å². The van der Waals surface area contributed by atoms with Crippen LogP contribution in [0, 0.1) is 6.92 Å². The summed E-state index contributed by atoms with van der Waals surface area (Å²) >= 11 is 0. The van der Waals surface area contributed by atoms with Gasteiger partial charge < -0.3 is 10.2 Å². The highest BCUT2D eigenvalue weighted by atomic mass is 16.2. The number of amides is 3. The number of benzene rings is 3. The molecule has 2 aliphatic rings. The molecule has 0 aliphatic carbocycles. The van der Waals surface area contributed by atoms with Crippen LogP contribution in [0.3, 0.4) is 0 Å². The number of fused-ring (bicyclic) bond motifs is 3. The molecule has 3 amide bonds. The van der Waals surface area contributed by atoms with Gasteiger partial charge in [-0.05, 0) is 43.5 Å². The van der Waals surface area contributed by atoms with Crippen molar-refractivity contribution in [3.05, 3.63) is 101 Å². The van der Waals surface area contributed by atoms with Crippen molar-refractivity contribution in [3.63, 3.8) is 0 Å². The van der Waals surface area contributed by atoms with Gasteiger partial charge in [-0.15, -0.1) is 0 Å². The molecule has 178 valence electrons. The molecule has 6 heteroatoms. The van der Waals surface area contributed by atoms with Gasteiger partial charge in [-0.25, -0.2) is 0 Å². The van der Waals surface area contributed by atoms with E-state index < -0.39 is 5.66 Å². The number of para-hydroxylation sites is 1. The van der Waals surface area contributed by atoms with Gasteiger partial charge in [0, 0.05) is 19.4 Å². The summed E-state index contributed by atoms with van der Waals surface area (Å²) in [4.78, 5) is 42.8. The Balaban J connectivity index is 1.37. The van der Waals surface area contributed by atoms with Gasteiger partial charge in [0.15, 0.2) is 0 Å². The van der Waals surface area contributed by atoms with Crippen molar-refractivity contribution in [1.82, 2.24) is 10.2 Å². The quantitative estimate of drug-likeness (QED) is 0.577. The van der Waals surface area contributed by atoms with Crippen molar-refractivity contribution in [2.45, 2.75) is 44.8 Å². The molecule has 6 nitrogen and oxygen atoms in total. The van der Waals surface area contributed by atoms with Crippen LogP contribution in [0.25, 0.3) is 0 Å². The number of aryl methyl sites for hydroxylation is 1. The van der Waals surface area contributed by atoms with Gasteiger partial charge in [-0.3, -0.25) is 19.3 Å². The van der Waals surface area contributed by atoms with Gasteiger partial charge in [0.25, 0.3) is 5.91 Å². The minimum atomic E-state index is -0.765. The zero-order valence-electron chi connectivity index (χ0n) is 20.0. The highest BCUT2D eigenvalue weighted by Gasteiger charge is 2.52. The Labute approximate surface area is 205 Å². The fourth-order valence-electron chi connectivity index (χ4n) is 5.25. The molecule has 2 aliphatic heterocycles. The molecule has 1 fully saturated rings. The molecular formula is C29H29N3O3. The predicted molar refractivity (Wildman–Crippen MR) is 135 cm³/mol. The summed E-state index contributed by atoms with van der Waals surface area (Å²) in [6, 6.07) is 24.9. The Bertz CT molecular complexity index is 1270. The number of carbonyl (C=O) groups is 3. The summed E-state index contributed by atoms with van der Waals surface area (Å²) in [5.74, 6) is -0.282. The molecule has 2 atom stereocenters. The SMILES string of the molecule is Cc1ccc(C(NC(=O)CCN2C(=O)c3ccccc3N3C(=O)CCC23C)c2ccccc2)cc1. The highest BCUT2D eigenvalue weighted by molar-refractivity contribution is 6.10. The molecule has 1 saturated heterocycles. The summed E-state index contributed by atoms with van der Waals surface area (Å²) in [6.07, 6.45) is 1.06. The Morgan fingerprint density at radius 1 is 0.943 bits per heavy atom. The second-order valence-corrected chi connectivity index (χ2v) is 9.49. The smallest absolute Gasteiger partial charge is 0.257 e. The molecule has 0 saturated carbocycles. The molecule has 2 unspecified atom stereocenters. The second kappa shape index (κ2) is 9.02. The molecule has 2 heterocycles. The van der Waals surface area contributed by atoms with E-state index in [4.69, 9.17) is 0 Å². The molecule has 35 heavy (non-hydrogen) atoms. The third kappa shape index (κ3) is 4.09. The fraction of sp³-hybridized carbons (Fsp3) is 0.276. The monoisotopic (exact) mass is 467 g/mol. The second-order valence-electron chi connectivity index (χ2n) is 9.49. The van der Waals surface area contributed by atoms with Crippen LogP contribution in [0.15, 0.2) is 78.9 Å². The Morgan fingerprint density at radius 3 is 2.34 bits per heavy atom. The topological polar surface area (TPSA) is 69.7 Å². The largest absolute Gasteiger partial charge is 0.345 e. The van der Waals surface area contributed by atoms with Crippen molar-refractivity contribution in [1.29, 1.82) is 0 Å². The number of hydrogen-bond acceptors (Lipinski definition) is 3. The van der Waals surface area contributed by atoms with E-state index in [2.05, 4.69) is 5.32 Å². The van der Waals surface area contributed by atoms with E-state index >= 15 is 0 Å². The van der Waals surface area contributed by atoms with Gasteiger partial charge >= 0.3 is 0 Å². The van der Waals surface area contributed by atoms with Crippen molar-refractivity contribution < 1.29 is 14.4 Å². The maximum atomic E-state index is 13.4. The van der Waals surface area contributed by atoms with Gasteiger partial charge in [-0.2, -0.15) is 0 Å². The summed E-state index contributed by atoms with van der Waals surface area (Å²) in [6.45, 7) is 4.18. The molecule has 3 aromatic rings. The van der Waals surface area contributed by atoms with Crippen LogP contribution in [-0.4, -0.2) is 34.8 Å². The third-order valence-corrected chi connectivity index (χ3v) is 7.16. The number of rotatable bonds is 6. The van der Waals surface area contributed by atoms with Crippen LogP contribution in [0.4, 0.5) is 5.69 Å². The molecular weight excluding hydrogens is 438 g/mol. The Hall–Kier alpha value is -3.93. The fourth-order valence-corrected chi connectivity index (χ4v) is 5.25. The van der Waals surface area contributed by atoms with Gasteiger partial charge in [0.2, 0.25) is 11.8 Å². The number of carbonyl (C=O) groups excluding carboxylic acids is 3. The van der Waals surface area contributed by atoms with Crippen LogP contribution < -0.4 is 10.2 Å². The van der Waals surface area contributed by atoms with Gasteiger partial charge in [0.1, 0.15) is 5.66 Å². The predicted octanol–water partition coefficient (Wildman–Crippen LogP) is 4.59. The average Bonchev–Trinajstić information content (AvgIpc) is 3.18. The van der Waals surface area contributed by atoms with Crippen molar-refractivity contribution in [3.8, 4) is 0 Å². The van der Waals surface area contributed by atoms with Crippen LogP contribution in [0.1, 0.15) is 59.3 Å². The van der Waals surface area contributed by atoms with Gasteiger partial charge in [0.05, 0.1) is 17.3 Å². The maximum Gasteiger partial charge on any atom is 0.257 e. The zero-order chi connectivity index (χ0) is 24.6. The lowest BCUT2D eigenvalue weighted by atomic mass is 9.97. The number of hydrogen-bond donors (Lipinski definition) is 1. The third-order valence-electron chi connectivity index (χ3n) is 7.16. The first-order valence-corrected chi connectivity index (χ1v) is 12.0. The van der Waals surface area contributed by atoms with Crippen molar-refractivity contribution >= 4 is 23.4 Å². The lowest BCUT2D eigenvalue weighted by molar-refractivity contribution is -0.122. The Morgan fingerprint density at radius 2 is 1.60 bits per heavy atom. The molecule has 0 spiro atoms. The molecule has 3 aromatic carbocycles. The zero-order valence-corrected chi connectivity index (χ0v) is 20.0. The molecule has 0 bridgehead atoms. The standard InChI is InChI=1S/C29H29N3O3/c1-20-12-14-22(15-13-20)27(21-8-4-3-5-9-21)30-25(33)17-19-31-28(35)23-10-6-7-11-24(23)32-26(34)16-18-29(31,32)2/h3-15,27H,16-19H2,1-2H3,(H,30,33). The number of anilines is 1. The lowest BCUT2D eigenvalue weighted by Crippen LogP contribution is -2.62. The van der Waals surface area contributed by atoms with E-state index in [9.17, 15) is 14.4 Å². The van der Waals surface area contributed by atoms with Crippen LogP contribution in [0.2, 0.25) is 0 Å². The van der Waals surface area contributed by atoms with Gasteiger partial charge in [-0.1, -0.05) is 72.3 Å². The van der Waals surface area contributed by atoms with E-state index in [-0.39, 0.29) is 36.7 Å². The molecule has 1 N–H and O–H groups in total. The summed E-state index contributed by atoms with van der Waals surface area (Å²) in [5.41, 5.74) is 3.54. The van der Waals surface area contributed by atoms with Crippen LogP contribution >= 0.6 is 0 Å². The average molecular weight is 468 g/mol. The Kier molecular flexibility index (Phi) is 5.89. The van der Waals surface area contributed by atoms with Crippen LogP contribution in [0.5, 0.6) is 0 Å². The van der Waals surface area contributed by atoms with E-state index in [1.807, 2.05) is 80.6 Å². The van der Waals surface area contributed by atoms with Crippen molar-refractivity contribution in [2.24, 2.45) is 0 Å². The number of nitrogens with one attached hydrogen (secondary N) is 1. The van der Waals surface area contributed by atoms with E-state index in [0.717, 1.165) is 16.7 Å². The normalized spacial score (nSPS) is 19.8. The van der Waals surface area contributed by atoms with E-state index in [1.165, 1.54) is 0 Å². The number of nitrogens with zero attached hydrogens (tertiary/aromatic N) is 2.